The number of thioether (sulfide) groups is 1. The molecule has 1 aliphatic carbocycles. The summed E-state index contributed by atoms with van der Waals surface area (Å²) in [5.41, 5.74) is 1.61. The zero-order valence-corrected chi connectivity index (χ0v) is 16.1. The van der Waals surface area contributed by atoms with Crippen LogP contribution >= 0.6 is 23.1 Å². The number of hydrogen-bond donors (Lipinski definition) is 3. The highest BCUT2D eigenvalue weighted by Gasteiger charge is 2.30. The first-order valence-corrected chi connectivity index (χ1v) is 10.3. The number of nitrogens with zero attached hydrogens (tertiary/aromatic N) is 3. The van der Waals surface area contributed by atoms with Crippen molar-refractivity contribution in [3.63, 3.8) is 0 Å². The Balaban J connectivity index is 1.31. The Morgan fingerprint density at radius 3 is 3.07 bits per heavy atom. The van der Waals surface area contributed by atoms with E-state index in [4.69, 9.17) is 0 Å². The fraction of sp³-hybridized carbons (Fsp3) is 0.167. The third-order valence-electron chi connectivity index (χ3n) is 4.28. The third-order valence-corrected chi connectivity index (χ3v) is 6.05. The Hall–Kier alpha value is -2.98. The van der Waals surface area contributed by atoms with E-state index >= 15 is 0 Å². The molecule has 2 aromatic heterocycles. The van der Waals surface area contributed by atoms with Crippen molar-refractivity contribution in [1.29, 1.82) is 0 Å². The number of H-pyrrole nitrogens is 1. The molecule has 0 bridgehead atoms. The van der Waals surface area contributed by atoms with Crippen molar-refractivity contribution in [2.24, 2.45) is 10.9 Å². The Morgan fingerprint density at radius 1 is 1.32 bits per heavy atom. The van der Waals surface area contributed by atoms with Gasteiger partial charge in [0, 0.05) is 17.5 Å². The summed E-state index contributed by atoms with van der Waals surface area (Å²) < 4.78 is 0. The Bertz CT molecular complexity index is 1160. The van der Waals surface area contributed by atoms with Gasteiger partial charge in [-0.2, -0.15) is 5.10 Å². The minimum Gasteiger partial charge on any atom is -0.302 e. The summed E-state index contributed by atoms with van der Waals surface area (Å²) >= 11 is 2.61. The van der Waals surface area contributed by atoms with Gasteiger partial charge in [-0.05, 0) is 48.9 Å². The van der Waals surface area contributed by atoms with Crippen molar-refractivity contribution in [3.8, 4) is 0 Å². The van der Waals surface area contributed by atoms with Gasteiger partial charge < -0.3 is 10.6 Å². The molecule has 3 aromatic rings. The molecule has 1 saturated carbocycles. The van der Waals surface area contributed by atoms with Crippen molar-refractivity contribution in [1.82, 2.24) is 20.5 Å². The van der Waals surface area contributed by atoms with Gasteiger partial charge in [-0.3, -0.25) is 14.7 Å². The molecule has 3 heterocycles. The molecule has 28 heavy (non-hydrogen) atoms. The predicted octanol–water partition coefficient (Wildman–Crippen LogP) is 3.26. The predicted molar refractivity (Wildman–Crippen MR) is 110 cm³/mol. The Morgan fingerprint density at radius 2 is 2.21 bits per heavy atom. The van der Waals surface area contributed by atoms with Crippen molar-refractivity contribution >= 4 is 67.9 Å². The normalized spacial score (nSPS) is 19.5. The van der Waals surface area contributed by atoms with Gasteiger partial charge >= 0.3 is 0 Å². The molecule has 3 N–H and O–H groups in total. The van der Waals surface area contributed by atoms with Crippen LogP contribution in [-0.4, -0.2) is 32.2 Å². The first-order valence-electron chi connectivity index (χ1n) is 8.63. The highest BCUT2D eigenvalue weighted by molar-refractivity contribution is 8.18. The molecule has 1 saturated heterocycles. The highest BCUT2D eigenvalue weighted by Crippen LogP contribution is 2.33. The summed E-state index contributed by atoms with van der Waals surface area (Å²) in [7, 11) is 0. The number of aromatic nitrogens is 3. The molecule has 0 atom stereocenters. The number of carbonyl (C=O) groups excluding carboxylic acids is 2. The van der Waals surface area contributed by atoms with Crippen LogP contribution in [0.3, 0.4) is 0 Å². The molecule has 8 nitrogen and oxygen atoms in total. The van der Waals surface area contributed by atoms with Crippen molar-refractivity contribution in [2.75, 3.05) is 5.32 Å². The smallest absolute Gasteiger partial charge is 0.264 e. The van der Waals surface area contributed by atoms with E-state index < -0.39 is 0 Å². The number of benzene rings is 1. The molecule has 0 spiro atoms. The van der Waals surface area contributed by atoms with Crippen LogP contribution in [0.2, 0.25) is 0 Å². The minimum absolute atomic E-state index is 0.0187. The summed E-state index contributed by atoms with van der Waals surface area (Å²) in [5.74, 6) is -0.0600. The monoisotopic (exact) mass is 410 g/mol. The highest BCUT2D eigenvalue weighted by atomic mass is 32.2. The zero-order chi connectivity index (χ0) is 19.1. The molecule has 0 radical (unpaired) electrons. The average Bonchev–Trinajstić information content (AvgIpc) is 3.12. The fourth-order valence-corrected chi connectivity index (χ4v) is 4.36. The molecule has 0 unspecified atom stereocenters. The van der Waals surface area contributed by atoms with Crippen LogP contribution in [0.25, 0.3) is 17.0 Å². The van der Waals surface area contributed by atoms with Crippen molar-refractivity contribution < 1.29 is 9.59 Å². The summed E-state index contributed by atoms with van der Waals surface area (Å²) in [6, 6.07) is 5.67. The Labute approximate surface area is 167 Å². The number of aliphatic imine (C=N–C) groups is 1. The van der Waals surface area contributed by atoms with Crippen molar-refractivity contribution in [3.05, 3.63) is 40.4 Å². The van der Waals surface area contributed by atoms with Gasteiger partial charge in [-0.1, -0.05) is 11.3 Å². The number of amidine groups is 1. The maximum Gasteiger partial charge on any atom is 0.264 e. The Kier molecular flexibility index (Phi) is 4.21. The van der Waals surface area contributed by atoms with Gasteiger partial charge in [0.25, 0.3) is 5.91 Å². The third kappa shape index (κ3) is 3.56. The van der Waals surface area contributed by atoms with Crippen molar-refractivity contribution in [2.45, 2.75) is 12.8 Å². The van der Waals surface area contributed by atoms with Gasteiger partial charge in [-0.15, -0.1) is 0 Å². The van der Waals surface area contributed by atoms with Gasteiger partial charge in [0.2, 0.25) is 5.91 Å². The molecule has 5 rings (SSSR count). The molecular formula is C18H14N6O2S2. The second-order valence-electron chi connectivity index (χ2n) is 6.45. The van der Waals surface area contributed by atoms with E-state index in [0.29, 0.717) is 15.2 Å². The number of hydrogen-bond acceptors (Lipinski definition) is 7. The summed E-state index contributed by atoms with van der Waals surface area (Å²) in [6.45, 7) is 0. The second kappa shape index (κ2) is 6.88. The molecule has 1 aliphatic heterocycles. The maximum absolute atomic E-state index is 12.2. The molecule has 2 aliphatic rings. The maximum atomic E-state index is 12.2. The van der Waals surface area contributed by atoms with Gasteiger partial charge in [0.15, 0.2) is 10.3 Å². The standard InChI is InChI=1S/C18H14N6O2S2/c25-15(9-1-2-9)22-17-19-8-12(27-17)6-14-16(26)23-18(28-14)21-11-4-3-10-7-20-24-13(10)5-11/h3-9H,1-2H2,(H,20,24)(H,19,22,25)(H,21,23,26)/b14-6-. The van der Waals surface area contributed by atoms with E-state index in [1.807, 2.05) is 18.2 Å². The van der Waals surface area contributed by atoms with Crippen LogP contribution < -0.4 is 10.6 Å². The number of nitrogens with one attached hydrogen (secondary N) is 3. The zero-order valence-electron chi connectivity index (χ0n) is 14.4. The molecule has 140 valence electrons. The van der Waals surface area contributed by atoms with E-state index in [1.54, 1.807) is 18.5 Å². The first-order chi connectivity index (χ1) is 13.6. The van der Waals surface area contributed by atoms with E-state index in [9.17, 15) is 9.59 Å². The van der Waals surface area contributed by atoms with E-state index in [1.165, 1.54) is 23.1 Å². The van der Waals surface area contributed by atoms with Crippen LogP contribution in [0, 0.1) is 5.92 Å². The lowest BCUT2D eigenvalue weighted by Crippen LogP contribution is -2.19. The van der Waals surface area contributed by atoms with Gasteiger partial charge in [0.05, 0.1) is 27.2 Å². The number of carbonyl (C=O) groups is 2. The lowest BCUT2D eigenvalue weighted by molar-refractivity contribution is -0.117. The van der Waals surface area contributed by atoms with E-state index in [2.05, 4.69) is 30.8 Å². The minimum atomic E-state index is -0.205. The molecule has 10 heteroatoms. The van der Waals surface area contributed by atoms with Gasteiger partial charge in [0.1, 0.15) is 0 Å². The number of amides is 2. The lowest BCUT2D eigenvalue weighted by Gasteiger charge is -1.97. The average molecular weight is 410 g/mol. The summed E-state index contributed by atoms with van der Waals surface area (Å²) in [6.07, 6.45) is 7.04. The summed E-state index contributed by atoms with van der Waals surface area (Å²) in [5, 5.41) is 14.5. The topological polar surface area (TPSA) is 112 Å². The molecule has 2 fully saturated rings. The number of anilines is 1. The number of fused-ring (bicyclic) bond motifs is 1. The summed E-state index contributed by atoms with van der Waals surface area (Å²) in [4.78, 5) is 34.1. The van der Waals surface area contributed by atoms with Crippen LogP contribution in [-0.2, 0) is 9.59 Å². The second-order valence-corrected chi connectivity index (χ2v) is 8.55. The molecule has 2 amide bonds. The fourth-order valence-electron chi connectivity index (χ4n) is 2.69. The number of rotatable bonds is 4. The number of thiazole rings is 1. The van der Waals surface area contributed by atoms with Crippen LogP contribution in [0.5, 0.6) is 0 Å². The number of aromatic amines is 1. The van der Waals surface area contributed by atoms with Crippen LogP contribution in [0.1, 0.15) is 17.7 Å². The van der Waals surface area contributed by atoms with Crippen LogP contribution in [0.15, 0.2) is 40.5 Å². The largest absolute Gasteiger partial charge is 0.302 e. The molecule has 1 aromatic carbocycles. The molecular weight excluding hydrogens is 396 g/mol. The van der Waals surface area contributed by atoms with E-state index in [0.717, 1.165) is 34.3 Å². The van der Waals surface area contributed by atoms with E-state index in [-0.39, 0.29) is 17.7 Å². The van der Waals surface area contributed by atoms with Crippen LogP contribution in [0.4, 0.5) is 10.8 Å². The first kappa shape index (κ1) is 17.1. The van der Waals surface area contributed by atoms with Gasteiger partial charge in [-0.25, -0.2) is 9.98 Å². The quantitative estimate of drug-likeness (QED) is 0.572. The lowest BCUT2D eigenvalue weighted by atomic mass is 10.2. The SMILES string of the molecule is O=C1NC(=Nc2ccc3cn[nH]c3c2)S/C1=C\c1cnc(NC(=O)C2CC2)s1.